The van der Waals surface area contributed by atoms with Crippen LogP contribution < -0.4 is 5.32 Å². The zero-order valence-corrected chi connectivity index (χ0v) is 11.5. The van der Waals surface area contributed by atoms with Gasteiger partial charge in [-0.2, -0.15) is 0 Å². The van der Waals surface area contributed by atoms with Gasteiger partial charge in [0.15, 0.2) is 0 Å². The van der Waals surface area contributed by atoms with Crippen LogP contribution in [0.1, 0.15) is 13.3 Å². The van der Waals surface area contributed by atoms with E-state index in [2.05, 4.69) is 5.32 Å². The van der Waals surface area contributed by atoms with Crippen LogP contribution in [0.5, 0.6) is 0 Å². The fraction of sp³-hybridized carbons (Fsp3) is 0.364. The minimum Gasteiger partial charge on any atom is -0.372 e. The van der Waals surface area contributed by atoms with Crippen LogP contribution in [0.3, 0.4) is 0 Å². The third kappa shape index (κ3) is 4.72. The molecule has 1 aromatic carbocycles. The summed E-state index contributed by atoms with van der Waals surface area (Å²) >= 11 is 17.6. The lowest BCUT2D eigenvalue weighted by Gasteiger charge is -2.09. The van der Waals surface area contributed by atoms with E-state index in [1.54, 1.807) is 0 Å². The highest BCUT2D eigenvalue weighted by Gasteiger charge is 2.11. The predicted octanol–water partition coefficient (Wildman–Crippen LogP) is 4.01. The number of carbonyl (C=O) groups excluding carboxylic acids is 1. The van der Waals surface area contributed by atoms with Crippen LogP contribution in [-0.4, -0.2) is 19.1 Å². The van der Waals surface area contributed by atoms with Crippen molar-refractivity contribution in [1.82, 2.24) is 0 Å². The molecular formula is C11H12Cl3NO2. The first-order chi connectivity index (χ1) is 8.04. The van der Waals surface area contributed by atoms with Crippen LogP contribution in [0.4, 0.5) is 5.69 Å². The normalized spacial score (nSPS) is 10.4. The zero-order valence-electron chi connectivity index (χ0n) is 9.23. The van der Waals surface area contributed by atoms with E-state index < -0.39 is 0 Å². The van der Waals surface area contributed by atoms with Gasteiger partial charge in [-0.1, -0.05) is 41.7 Å². The lowest BCUT2D eigenvalue weighted by atomic mass is 10.3. The molecular weight excluding hydrogens is 284 g/mol. The van der Waals surface area contributed by atoms with Gasteiger partial charge in [-0.25, -0.2) is 0 Å². The number of ether oxygens (including phenoxy) is 1. The minimum absolute atomic E-state index is 0.0247. The summed E-state index contributed by atoms with van der Waals surface area (Å²) in [6.45, 7) is 2.48. The molecule has 0 aliphatic carbocycles. The number of rotatable bonds is 5. The summed E-state index contributed by atoms with van der Waals surface area (Å²) in [5.74, 6) is -0.301. The molecule has 1 aromatic rings. The van der Waals surface area contributed by atoms with E-state index in [1.165, 1.54) is 12.1 Å². The molecule has 17 heavy (non-hydrogen) atoms. The summed E-state index contributed by atoms with van der Waals surface area (Å²) in [5.41, 5.74) is 0.350. The Kier molecular flexibility index (Phi) is 6.06. The average Bonchev–Trinajstić information content (AvgIpc) is 2.24. The van der Waals surface area contributed by atoms with E-state index in [4.69, 9.17) is 39.5 Å². The highest BCUT2D eigenvalue weighted by molar-refractivity contribution is 6.42. The van der Waals surface area contributed by atoms with Crippen molar-refractivity contribution in [3.8, 4) is 0 Å². The van der Waals surface area contributed by atoms with Gasteiger partial charge in [-0.05, 0) is 18.6 Å². The Labute approximate surface area is 115 Å². The van der Waals surface area contributed by atoms with Crippen molar-refractivity contribution in [3.63, 3.8) is 0 Å². The van der Waals surface area contributed by atoms with Crippen molar-refractivity contribution >= 4 is 46.4 Å². The van der Waals surface area contributed by atoms with E-state index in [0.29, 0.717) is 27.4 Å². The van der Waals surface area contributed by atoms with Crippen LogP contribution in [0, 0.1) is 0 Å². The van der Waals surface area contributed by atoms with Gasteiger partial charge in [0.05, 0.1) is 15.7 Å². The molecule has 1 rings (SSSR count). The van der Waals surface area contributed by atoms with Gasteiger partial charge < -0.3 is 10.1 Å². The van der Waals surface area contributed by atoms with E-state index in [-0.39, 0.29) is 12.5 Å². The van der Waals surface area contributed by atoms with Gasteiger partial charge in [-0.3, -0.25) is 4.79 Å². The van der Waals surface area contributed by atoms with Crippen LogP contribution in [0.2, 0.25) is 15.1 Å². The fourth-order valence-electron chi connectivity index (χ4n) is 1.15. The number of amides is 1. The Balaban J connectivity index is 2.65. The fourth-order valence-corrected chi connectivity index (χ4v) is 2.06. The molecule has 0 heterocycles. The molecule has 94 valence electrons. The predicted molar refractivity (Wildman–Crippen MR) is 71.2 cm³/mol. The summed E-state index contributed by atoms with van der Waals surface area (Å²) in [4.78, 5) is 11.5. The van der Waals surface area contributed by atoms with Gasteiger partial charge in [-0.15, -0.1) is 0 Å². The Morgan fingerprint density at radius 2 is 1.88 bits per heavy atom. The molecule has 0 bridgehead atoms. The molecule has 3 nitrogen and oxygen atoms in total. The molecule has 1 amide bonds. The monoisotopic (exact) mass is 295 g/mol. The summed E-state index contributed by atoms with van der Waals surface area (Å²) in [5, 5.41) is 3.59. The summed E-state index contributed by atoms with van der Waals surface area (Å²) in [6, 6.07) is 3.02. The molecule has 6 heteroatoms. The second kappa shape index (κ2) is 7.07. The molecule has 0 aromatic heterocycles. The SMILES string of the molecule is CCCOCC(=O)Nc1c(Cl)cc(Cl)cc1Cl. The van der Waals surface area contributed by atoms with Crippen molar-refractivity contribution in [1.29, 1.82) is 0 Å². The van der Waals surface area contributed by atoms with Gasteiger partial charge in [0, 0.05) is 11.6 Å². The lowest BCUT2D eigenvalue weighted by Crippen LogP contribution is -2.19. The first-order valence-corrected chi connectivity index (χ1v) is 6.20. The van der Waals surface area contributed by atoms with Crippen molar-refractivity contribution in [2.45, 2.75) is 13.3 Å². The number of halogens is 3. The molecule has 1 N–H and O–H groups in total. The second-order valence-electron chi connectivity index (χ2n) is 3.35. The third-order valence-corrected chi connectivity index (χ3v) is 2.67. The number of anilines is 1. The van der Waals surface area contributed by atoms with Crippen LogP contribution >= 0.6 is 34.8 Å². The number of hydrogen-bond donors (Lipinski definition) is 1. The largest absolute Gasteiger partial charge is 0.372 e. The number of carbonyl (C=O) groups is 1. The summed E-state index contributed by atoms with van der Waals surface area (Å²) < 4.78 is 5.10. The molecule has 0 fully saturated rings. The zero-order chi connectivity index (χ0) is 12.8. The molecule has 0 saturated carbocycles. The number of nitrogens with one attached hydrogen (secondary N) is 1. The number of hydrogen-bond acceptors (Lipinski definition) is 2. The maximum absolute atomic E-state index is 11.5. The van der Waals surface area contributed by atoms with Crippen LogP contribution in [-0.2, 0) is 9.53 Å². The Bertz CT molecular complexity index is 387. The first kappa shape index (κ1) is 14.6. The number of benzene rings is 1. The molecule has 0 saturated heterocycles. The standard InChI is InChI=1S/C11H12Cl3NO2/c1-2-3-17-6-10(16)15-11-8(13)4-7(12)5-9(11)14/h4-5H,2-3,6H2,1H3,(H,15,16). The summed E-state index contributed by atoms with van der Waals surface area (Å²) in [7, 11) is 0. The van der Waals surface area contributed by atoms with Gasteiger partial charge in [0.1, 0.15) is 6.61 Å². The minimum atomic E-state index is -0.301. The van der Waals surface area contributed by atoms with E-state index in [9.17, 15) is 4.79 Å². The third-order valence-electron chi connectivity index (χ3n) is 1.85. The Hall–Kier alpha value is -0.480. The topological polar surface area (TPSA) is 38.3 Å². The van der Waals surface area contributed by atoms with Gasteiger partial charge in [0.2, 0.25) is 5.91 Å². The van der Waals surface area contributed by atoms with Crippen molar-refractivity contribution in [2.75, 3.05) is 18.5 Å². The maximum atomic E-state index is 11.5. The summed E-state index contributed by atoms with van der Waals surface area (Å²) in [6.07, 6.45) is 0.857. The van der Waals surface area contributed by atoms with E-state index in [1.807, 2.05) is 6.92 Å². The molecule has 0 atom stereocenters. The first-order valence-electron chi connectivity index (χ1n) is 5.06. The van der Waals surface area contributed by atoms with E-state index >= 15 is 0 Å². The maximum Gasteiger partial charge on any atom is 0.250 e. The van der Waals surface area contributed by atoms with Crippen molar-refractivity contribution in [2.24, 2.45) is 0 Å². The van der Waals surface area contributed by atoms with Gasteiger partial charge >= 0.3 is 0 Å². The highest BCUT2D eigenvalue weighted by Crippen LogP contribution is 2.33. The van der Waals surface area contributed by atoms with Crippen LogP contribution in [0.15, 0.2) is 12.1 Å². The second-order valence-corrected chi connectivity index (χ2v) is 4.60. The molecule has 0 radical (unpaired) electrons. The average molecular weight is 297 g/mol. The van der Waals surface area contributed by atoms with Crippen molar-refractivity contribution in [3.05, 3.63) is 27.2 Å². The van der Waals surface area contributed by atoms with E-state index in [0.717, 1.165) is 6.42 Å². The highest BCUT2D eigenvalue weighted by atomic mass is 35.5. The van der Waals surface area contributed by atoms with Crippen molar-refractivity contribution < 1.29 is 9.53 Å². The smallest absolute Gasteiger partial charge is 0.250 e. The lowest BCUT2D eigenvalue weighted by molar-refractivity contribution is -0.120. The molecule has 0 aliphatic rings. The molecule has 0 aliphatic heterocycles. The molecule has 0 unspecified atom stereocenters. The van der Waals surface area contributed by atoms with Gasteiger partial charge in [0.25, 0.3) is 0 Å². The quantitative estimate of drug-likeness (QED) is 0.834. The van der Waals surface area contributed by atoms with Crippen LogP contribution in [0.25, 0.3) is 0 Å². The Morgan fingerprint density at radius 3 is 2.41 bits per heavy atom. The molecule has 0 spiro atoms. The Morgan fingerprint density at radius 1 is 1.29 bits per heavy atom.